The van der Waals surface area contributed by atoms with Gasteiger partial charge < -0.3 is 9.80 Å². The van der Waals surface area contributed by atoms with Crippen LogP contribution >= 0.6 is 11.3 Å². The van der Waals surface area contributed by atoms with Gasteiger partial charge in [0.1, 0.15) is 17.0 Å². The molecule has 0 unspecified atom stereocenters. The zero-order valence-corrected chi connectivity index (χ0v) is 15.8. The molecule has 4 heterocycles. The third-order valence-electron chi connectivity index (χ3n) is 4.69. The van der Waals surface area contributed by atoms with E-state index in [0.29, 0.717) is 19.5 Å². The Balaban J connectivity index is 1.42. The van der Waals surface area contributed by atoms with Crippen LogP contribution in [0.2, 0.25) is 0 Å². The molecule has 0 bridgehead atoms. The van der Waals surface area contributed by atoms with Crippen molar-refractivity contribution in [3.63, 3.8) is 0 Å². The number of aromatic nitrogens is 3. The molecular formula is C19H21N5OS. The van der Waals surface area contributed by atoms with Crippen LogP contribution in [0.25, 0.3) is 10.2 Å². The van der Waals surface area contributed by atoms with Gasteiger partial charge in [0.15, 0.2) is 0 Å². The van der Waals surface area contributed by atoms with Crippen LogP contribution in [0.3, 0.4) is 0 Å². The number of carbonyl (C=O) groups excluding carboxylic acids is 1. The molecular weight excluding hydrogens is 346 g/mol. The molecule has 26 heavy (non-hydrogen) atoms. The van der Waals surface area contributed by atoms with Crippen molar-refractivity contribution >= 4 is 33.3 Å². The quantitative estimate of drug-likeness (QED) is 0.712. The topological polar surface area (TPSA) is 62.2 Å². The van der Waals surface area contributed by atoms with Crippen molar-refractivity contribution in [3.8, 4) is 0 Å². The standard InChI is InChI=1S/C19H21N5OS/c1-13-3-4-15(11-20-13)10-17(25)23-5-7-24(8-6-23)18-16-9-14(2)26-19(16)22-12-21-18/h3-4,9,11-12H,5-8,10H2,1-2H3. The van der Waals surface area contributed by atoms with Gasteiger partial charge in [0.25, 0.3) is 0 Å². The van der Waals surface area contributed by atoms with E-state index in [1.165, 1.54) is 4.88 Å². The van der Waals surface area contributed by atoms with Crippen LogP contribution in [0, 0.1) is 13.8 Å². The summed E-state index contributed by atoms with van der Waals surface area (Å²) in [5, 5.41) is 1.11. The summed E-state index contributed by atoms with van der Waals surface area (Å²) < 4.78 is 0. The van der Waals surface area contributed by atoms with E-state index in [-0.39, 0.29) is 5.91 Å². The minimum Gasteiger partial charge on any atom is -0.352 e. The first-order valence-electron chi connectivity index (χ1n) is 8.75. The predicted molar refractivity (Wildman–Crippen MR) is 104 cm³/mol. The summed E-state index contributed by atoms with van der Waals surface area (Å²) in [6.07, 6.45) is 3.84. The van der Waals surface area contributed by atoms with E-state index in [2.05, 4.69) is 32.8 Å². The molecule has 0 radical (unpaired) electrons. The lowest BCUT2D eigenvalue weighted by atomic mass is 10.1. The van der Waals surface area contributed by atoms with Gasteiger partial charge in [-0.1, -0.05) is 6.07 Å². The highest BCUT2D eigenvalue weighted by Crippen LogP contribution is 2.30. The number of amides is 1. The third-order valence-corrected chi connectivity index (χ3v) is 5.65. The summed E-state index contributed by atoms with van der Waals surface area (Å²) in [5.74, 6) is 1.14. The number of hydrogen-bond acceptors (Lipinski definition) is 6. The van der Waals surface area contributed by atoms with Gasteiger partial charge >= 0.3 is 0 Å². The van der Waals surface area contributed by atoms with Gasteiger partial charge in [0.2, 0.25) is 5.91 Å². The van der Waals surface area contributed by atoms with Crippen LogP contribution in [0.1, 0.15) is 16.1 Å². The largest absolute Gasteiger partial charge is 0.352 e. The van der Waals surface area contributed by atoms with E-state index in [1.807, 2.05) is 24.0 Å². The number of anilines is 1. The highest BCUT2D eigenvalue weighted by Gasteiger charge is 2.23. The molecule has 0 spiro atoms. The Morgan fingerprint density at radius 1 is 1.12 bits per heavy atom. The minimum absolute atomic E-state index is 0.162. The lowest BCUT2D eigenvalue weighted by molar-refractivity contribution is -0.130. The smallest absolute Gasteiger partial charge is 0.227 e. The van der Waals surface area contributed by atoms with E-state index < -0.39 is 0 Å². The Kier molecular flexibility index (Phi) is 4.55. The molecule has 0 N–H and O–H groups in total. The van der Waals surface area contributed by atoms with E-state index >= 15 is 0 Å². The lowest BCUT2D eigenvalue weighted by Crippen LogP contribution is -2.49. The molecule has 3 aromatic rings. The van der Waals surface area contributed by atoms with E-state index in [9.17, 15) is 4.79 Å². The van der Waals surface area contributed by atoms with Crippen molar-refractivity contribution in [1.82, 2.24) is 19.9 Å². The molecule has 6 nitrogen and oxygen atoms in total. The molecule has 3 aromatic heterocycles. The summed E-state index contributed by atoms with van der Waals surface area (Å²) >= 11 is 1.69. The van der Waals surface area contributed by atoms with Crippen LogP contribution in [-0.2, 0) is 11.2 Å². The van der Waals surface area contributed by atoms with Gasteiger partial charge in [-0.05, 0) is 31.5 Å². The summed E-state index contributed by atoms with van der Waals surface area (Å²) in [5.41, 5.74) is 1.93. The molecule has 4 rings (SSSR count). The molecule has 1 fully saturated rings. The minimum atomic E-state index is 0.162. The number of pyridine rings is 1. The Morgan fingerprint density at radius 2 is 1.92 bits per heavy atom. The number of rotatable bonds is 3. The first-order chi connectivity index (χ1) is 12.6. The number of piperazine rings is 1. The number of hydrogen-bond donors (Lipinski definition) is 0. The lowest BCUT2D eigenvalue weighted by Gasteiger charge is -2.35. The molecule has 1 aliphatic rings. The molecule has 0 saturated carbocycles. The number of thiophene rings is 1. The van der Waals surface area contributed by atoms with Gasteiger partial charge in [-0.25, -0.2) is 9.97 Å². The molecule has 1 amide bonds. The number of nitrogens with zero attached hydrogens (tertiary/aromatic N) is 5. The van der Waals surface area contributed by atoms with E-state index in [4.69, 9.17) is 0 Å². The fourth-order valence-electron chi connectivity index (χ4n) is 3.27. The Bertz CT molecular complexity index is 929. The third kappa shape index (κ3) is 3.39. The van der Waals surface area contributed by atoms with E-state index in [0.717, 1.165) is 40.4 Å². The zero-order chi connectivity index (χ0) is 18.1. The maximum atomic E-state index is 12.6. The van der Waals surface area contributed by atoms with Crippen molar-refractivity contribution in [2.75, 3.05) is 31.1 Å². The van der Waals surface area contributed by atoms with Crippen LogP contribution in [0.4, 0.5) is 5.82 Å². The molecule has 134 valence electrons. The fraction of sp³-hybridized carbons (Fsp3) is 0.368. The van der Waals surface area contributed by atoms with Crippen LogP contribution < -0.4 is 4.90 Å². The highest BCUT2D eigenvalue weighted by molar-refractivity contribution is 7.18. The summed E-state index contributed by atoms with van der Waals surface area (Å²) in [6, 6.07) is 6.08. The zero-order valence-electron chi connectivity index (χ0n) is 15.0. The van der Waals surface area contributed by atoms with Crippen LogP contribution in [0.5, 0.6) is 0 Å². The average molecular weight is 367 g/mol. The average Bonchev–Trinajstić information content (AvgIpc) is 3.04. The maximum absolute atomic E-state index is 12.6. The number of aryl methyl sites for hydroxylation is 2. The van der Waals surface area contributed by atoms with E-state index in [1.54, 1.807) is 23.9 Å². The molecule has 1 saturated heterocycles. The van der Waals surface area contributed by atoms with Crippen molar-refractivity contribution in [3.05, 3.63) is 46.9 Å². The highest BCUT2D eigenvalue weighted by atomic mass is 32.1. The second-order valence-electron chi connectivity index (χ2n) is 6.63. The van der Waals surface area contributed by atoms with Gasteiger partial charge in [-0.3, -0.25) is 9.78 Å². The first kappa shape index (κ1) is 16.9. The van der Waals surface area contributed by atoms with Crippen LogP contribution in [0.15, 0.2) is 30.7 Å². The second kappa shape index (κ2) is 6.99. The molecule has 1 aliphatic heterocycles. The molecule has 7 heteroatoms. The maximum Gasteiger partial charge on any atom is 0.227 e. The summed E-state index contributed by atoms with van der Waals surface area (Å²) in [7, 11) is 0. The van der Waals surface area contributed by atoms with Crippen molar-refractivity contribution in [2.24, 2.45) is 0 Å². The molecule has 0 aromatic carbocycles. The molecule has 0 aliphatic carbocycles. The predicted octanol–water partition coefficient (Wildman–Crippen LogP) is 2.59. The van der Waals surface area contributed by atoms with Crippen molar-refractivity contribution < 1.29 is 4.79 Å². The van der Waals surface area contributed by atoms with Gasteiger partial charge in [0, 0.05) is 42.9 Å². The Labute approximate surface area is 156 Å². The van der Waals surface area contributed by atoms with Crippen LogP contribution in [-0.4, -0.2) is 51.9 Å². The normalized spacial score (nSPS) is 14.8. The first-order valence-corrected chi connectivity index (χ1v) is 9.57. The SMILES string of the molecule is Cc1ccc(CC(=O)N2CCN(c3ncnc4sc(C)cc34)CC2)cn1. The van der Waals surface area contributed by atoms with Crippen molar-refractivity contribution in [2.45, 2.75) is 20.3 Å². The monoisotopic (exact) mass is 367 g/mol. The van der Waals surface area contributed by atoms with Gasteiger partial charge in [0.05, 0.1) is 11.8 Å². The number of fused-ring (bicyclic) bond motifs is 1. The Hall–Kier alpha value is -2.54. The molecule has 0 atom stereocenters. The second-order valence-corrected chi connectivity index (χ2v) is 7.86. The number of carbonyl (C=O) groups is 1. The van der Waals surface area contributed by atoms with Crippen molar-refractivity contribution in [1.29, 1.82) is 0 Å². The Morgan fingerprint density at radius 3 is 2.65 bits per heavy atom. The summed E-state index contributed by atoms with van der Waals surface area (Å²) in [4.78, 5) is 32.2. The van der Waals surface area contributed by atoms with Gasteiger partial charge in [-0.15, -0.1) is 11.3 Å². The van der Waals surface area contributed by atoms with Gasteiger partial charge in [-0.2, -0.15) is 0 Å². The summed E-state index contributed by atoms with van der Waals surface area (Å²) in [6.45, 7) is 7.05. The fourth-order valence-corrected chi connectivity index (χ4v) is 4.11.